The van der Waals surface area contributed by atoms with Crippen LogP contribution < -0.4 is 0 Å². The lowest BCUT2D eigenvalue weighted by Gasteiger charge is -2.25. The van der Waals surface area contributed by atoms with Crippen molar-refractivity contribution in [2.75, 3.05) is 13.2 Å². The SMILES string of the molecule is C=C(C)C(=O)OCC(COC(=O)C(=C)C)C1=CC=C(C2=CC=C([SiH2]OC(=O)C(C)C)CC2)CC1. The topological polar surface area (TPSA) is 78.9 Å². The third kappa shape index (κ3) is 8.45. The molecule has 0 saturated heterocycles. The van der Waals surface area contributed by atoms with Crippen LogP contribution in [0.2, 0.25) is 0 Å². The van der Waals surface area contributed by atoms with Gasteiger partial charge in [0.15, 0.2) is 0 Å². The molecule has 0 heterocycles. The zero-order valence-electron chi connectivity index (χ0n) is 20.8. The van der Waals surface area contributed by atoms with Crippen LogP contribution in [-0.2, 0) is 28.3 Å². The summed E-state index contributed by atoms with van der Waals surface area (Å²) in [6, 6.07) is 0. The molecule has 2 rings (SSSR count). The van der Waals surface area contributed by atoms with E-state index in [1.54, 1.807) is 13.8 Å². The van der Waals surface area contributed by atoms with Crippen LogP contribution >= 0.6 is 0 Å². The molecule has 0 unspecified atom stereocenters. The lowest BCUT2D eigenvalue weighted by atomic mass is 9.85. The molecule has 0 saturated carbocycles. The number of esters is 2. The van der Waals surface area contributed by atoms with Crippen LogP contribution in [0.25, 0.3) is 0 Å². The normalized spacial score (nSPS) is 15.9. The molecule has 0 spiro atoms. The summed E-state index contributed by atoms with van der Waals surface area (Å²) in [6.45, 7) is 14.4. The minimum Gasteiger partial charge on any atom is -0.521 e. The molecule has 0 fully saturated rings. The first-order valence-electron chi connectivity index (χ1n) is 11.7. The molecule has 6 nitrogen and oxygen atoms in total. The summed E-state index contributed by atoms with van der Waals surface area (Å²) in [6.07, 6.45) is 11.9. The first kappa shape index (κ1) is 27.3. The van der Waals surface area contributed by atoms with Crippen LogP contribution in [0.3, 0.4) is 0 Å². The Bertz CT molecular complexity index is 934. The number of rotatable bonds is 11. The van der Waals surface area contributed by atoms with E-state index < -0.39 is 21.7 Å². The van der Waals surface area contributed by atoms with Gasteiger partial charge in [0.1, 0.15) is 13.2 Å². The van der Waals surface area contributed by atoms with E-state index in [2.05, 4.69) is 31.4 Å². The molecule has 0 aromatic heterocycles. The molecule has 0 aliphatic heterocycles. The molecular weight excluding hydrogens is 448 g/mol. The van der Waals surface area contributed by atoms with Gasteiger partial charge in [-0.25, -0.2) is 9.59 Å². The Hall–Kier alpha value is -2.93. The largest absolute Gasteiger partial charge is 0.521 e. The zero-order valence-corrected chi connectivity index (χ0v) is 22.2. The van der Waals surface area contributed by atoms with Gasteiger partial charge in [-0.2, -0.15) is 0 Å². The molecule has 0 aromatic carbocycles. The molecule has 0 bridgehead atoms. The maximum Gasteiger partial charge on any atom is 0.333 e. The second-order valence-corrected chi connectivity index (χ2v) is 10.7. The van der Waals surface area contributed by atoms with Gasteiger partial charge < -0.3 is 13.9 Å². The fraction of sp³-hybridized carbons (Fsp3) is 0.444. The summed E-state index contributed by atoms with van der Waals surface area (Å²) in [4.78, 5) is 35.4. The van der Waals surface area contributed by atoms with Gasteiger partial charge in [0.2, 0.25) is 0 Å². The first-order valence-corrected chi connectivity index (χ1v) is 13.0. The van der Waals surface area contributed by atoms with E-state index in [0.717, 1.165) is 31.3 Å². The molecule has 0 atom stereocenters. The second kappa shape index (κ2) is 13.1. The van der Waals surface area contributed by atoms with Gasteiger partial charge in [-0.15, -0.1) is 0 Å². The van der Waals surface area contributed by atoms with E-state index in [9.17, 15) is 14.4 Å². The average molecular weight is 485 g/mol. The van der Waals surface area contributed by atoms with Crippen molar-refractivity contribution in [2.24, 2.45) is 11.8 Å². The highest BCUT2D eigenvalue weighted by Gasteiger charge is 2.23. The lowest BCUT2D eigenvalue weighted by molar-refractivity contribution is -0.143. The Morgan fingerprint density at radius 1 is 0.853 bits per heavy atom. The molecule has 0 amide bonds. The fourth-order valence-electron chi connectivity index (χ4n) is 3.52. The fourth-order valence-corrected chi connectivity index (χ4v) is 4.72. The molecule has 0 aromatic rings. The van der Waals surface area contributed by atoms with Crippen LogP contribution in [-0.4, -0.2) is 40.9 Å². The van der Waals surface area contributed by atoms with Gasteiger partial charge in [0.25, 0.3) is 15.7 Å². The third-order valence-corrected chi connectivity index (χ3v) is 7.14. The number of carbonyl (C=O) groups excluding carboxylic acids is 3. The number of carbonyl (C=O) groups is 3. The smallest absolute Gasteiger partial charge is 0.333 e. The van der Waals surface area contributed by atoms with Gasteiger partial charge in [-0.1, -0.05) is 56.9 Å². The lowest BCUT2D eigenvalue weighted by Crippen LogP contribution is -2.24. The standard InChI is InChI=1S/C27H36O6Si/c1-17(2)25(28)31-15-23(16-32-26(29)18(3)4)22-9-7-20(8-10-22)21-11-13-24(14-12-21)34-33-27(30)19(5)6/h7,9,11,13,19,23H,1,3,8,10,12,14-16,34H2,2,4-6H3. The summed E-state index contributed by atoms with van der Waals surface area (Å²) in [5.74, 6) is -1.35. The van der Waals surface area contributed by atoms with E-state index in [4.69, 9.17) is 13.9 Å². The van der Waals surface area contributed by atoms with Gasteiger partial charge in [-0.3, -0.25) is 4.79 Å². The Kier molecular flexibility index (Phi) is 10.5. The van der Waals surface area contributed by atoms with E-state index in [1.807, 2.05) is 19.9 Å². The first-order chi connectivity index (χ1) is 16.1. The Labute approximate surface area is 205 Å². The summed E-state index contributed by atoms with van der Waals surface area (Å²) < 4.78 is 16.2. The number of hydrogen-bond acceptors (Lipinski definition) is 6. The van der Waals surface area contributed by atoms with Crippen LogP contribution in [0.5, 0.6) is 0 Å². The molecule has 34 heavy (non-hydrogen) atoms. The maximum absolute atomic E-state index is 11.9. The molecule has 7 heteroatoms. The summed E-state index contributed by atoms with van der Waals surface area (Å²) in [5.41, 5.74) is 4.31. The highest BCUT2D eigenvalue weighted by molar-refractivity contribution is 6.40. The summed E-state index contributed by atoms with van der Waals surface area (Å²) in [5, 5.41) is 1.25. The average Bonchev–Trinajstić information content (AvgIpc) is 2.82. The Morgan fingerprint density at radius 3 is 1.79 bits per heavy atom. The predicted octanol–water partition coefficient (Wildman–Crippen LogP) is 4.37. The van der Waals surface area contributed by atoms with E-state index in [-0.39, 0.29) is 31.0 Å². The summed E-state index contributed by atoms with van der Waals surface area (Å²) in [7, 11) is -0.992. The van der Waals surface area contributed by atoms with Crippen molar-refractivity contribution in [3.8, 4) is 0 Å². The van der Waals surface area contributed by atoms with Crippen LogP contribution in [0.15, 0.2) is 70.5 Å². The second-order valence-electron chi connectivity index (χ2n) is 9.17. The van der Waals surface area contributed by atoms with Crippen molar-refractivity contribution in [1.82, 2.24) is 0 Å². The Morgan fingerprint density at radius 2 is 1.38 bits per heavy atom. The van der Waals surface area contributed by atoms with Crippen molar-refractivity contribution in [3.63, 3.8) is 0 Å². The minimum atomic E-state index is -0.992. The van der Waals surface area contributed by atoms with Crippen molar-refractivity contribution < 1.29 is 28.3 Å². The van der Waals surface area contributed by atoms with E-state index >= 15 is 0 Å². The van der Waals surface area contributed by atoms with E-state index in [1.165, 1.54) is 16.3 Å². The number of ether oxygens (including phenoxy) is 2. The van der Waals surface area contributed by atoms with Crippen molar-refractivity contribution in [1.29, 1.82) is 0 Å². The van der Waals surface area contributed by atoms with Crippen LogP contribution in [0, 0.1) is 11.8 Å². The predicted molar refractivity (Wildman–Crippen MR) is 135 cm³/mol. The van der Waals surface area contributed by atoms with Crippen molar-refractivity contribution in [3.05, 3.63) is 70.5 Å². The van der Waals surface area contributed by atoms with Gasteiger partial charge in [0.05, 0.1) is 0 Å². The molecule has 2 aliphatic carbocycles. The summed E-state index contributed by atoms with van der Waals surface area (Å²) >= 11 is 0. The number of hydrogen-bond donors (Lipinski definition) is 0. The van der Waals surface area contributed by atoms with Gasteiger partial charge in [-0.05, 0) is 55.9 Å². The van der Waals surface area contributed by atoms with Crippen molar-refractivity contribution >= 4 is 27.7 Å². The van der Waals surface area contributed by atoms with Crippen LogP contribution in [0.4, 0.5) is 0 Å². The monoisotopic (exact) mass is 484 g/mol. The highest BCUT2D eigenvalue weighted by Crippen LogP contribution is 2.33. The maximum atomic E-state index is 11.9. The quantitative estimate of drug-likeness (QED) is 0.246. The minimum absolute atomic E-state index is 0.0892. The van der Waals surface area contributed by atoms with Gasteiger partial charge >= 0.3 is 11.9 Å². The molecule has 0 radical (unpaired) electrons. The number of allylic oxidation sites excluding steroid dienone is 7. The molecular formula is C27H36O6Si. The third-order valence-electron chi connectivity index (χ3n) is 5.75. The van der Waals surface area contributed by atoms with Crippen LogP contribution in [0.1, 0.15) is 53.4 Å². The molecule has 184 valence electrons. The van der Waals surface area contributed by atoms with E-state index in [0.29, 0.717) is 11.1 Å². The van der Waals surface area contributed by atoms with Crippen molar-refractivity contribution in [2.45, 2.75) is 53.4 Å². The highest BCUT2D eigenvalue weighted by atomic mass is 28.2. The molecule has 0 N–H and O–H groups in total. The zero-order chi connectivity index (χ0) is 25.3. The van der Waals surface area contributed by atoms with Gasteiger partial charge in [0, 0.05) is 23.0 Å². The molecule has 2 aliphatic rings. The Balaban J connectivity index is 2.06.